The third kappa shape index (κ3) is 42.3. The second kappa shape index (κ2) is 58.0. The van der Waals surface area contributed by atoms with Crippen molar-refractivity contribution in [2.75, 3.05) is 169 Å². The third-order valence-corrected chi connectivity index (χ3v) is 12.7. The van der Waals surface area contributed by atoms with Gasteiger partial charge < -0.3 is 56.8 Å². The minimum atomic E-state index is -3.88. The molecule has 0 aliphatic rings. The Bertz CT molecular complexity index is 4790. The Balaban J connectivity index is 0.000000717. The van der Waals surface area contributed by atoms with E-state index < -0.39 is 50.0 Å². The molecule has 66 heteroatoms. The molecule has 0 aromatic carbocycles. The van der Waals surface area contributed by atoms with E-state index in [1.54, 1.807) is 37.2 Å². The molecule has 12 rings (SSSR count). The highest BCUT2D eigenvalue weighted by Crippen LogP contribution is 2.12. The zero-order valence-electron chi connectivity index (χ0n) is 72.1. The van der Waals surface area contributed by atoms with Crippen molar-refractivity contribution in [2.24, 2.45) is 0 Å². The molecule has 0 saturated heterocycles. The number of nitrogens with zero attached hydrogens (tertiary/aromatic N) is 36. The van der Waals surface area contributed by atoms with E-state index in [0.29, 0.717) is 103 Å². The molecule has 12 heterocycles. The number of fused-ring (bicyclic) bond motifs is 6. The minimum Gasteiger partial charge on any atom is -0.777 e. The van der Waals surface area contributed by atoms with Crippen LogP contribution in [0.5, 0.6) is 0 Å². The Morgan fingerprint density at radius 1 is 0.254 bits per heavy atom. The summed E-state index contributed by atoms with van der Waals surface area (Å²) in [5, 5.41) is 47.2. The first-order chi connectivity index (χ1) is 58.9. The van der Waals surface area contributed by atoms with E-state index in [2.05, 4.69) is 91.8 Å². The van der Waals surface area contributed by atoms with E-state index in [0.717, 1.165) is 0 Å². The highest BCUT2D eigenvalue weighted by Gasteiger charge is 2.24. The van der Waals surface area contributed by atoms with Gasteiger partial charge in [0, 0.05) is 37.2 Å². The largest absolute Gasteiger partial charge is 0.777 e. The summed E-state index contributed by atoms with van der Waals surface area (Å²) in [6, 6.07) is 25.7. The van der Waals surface area contributed by atoms with Crippen LogP contribution in [0, 0.1) is 0 Å². The van der Waals surface area contributed by atoms with Gasteiger partial charge in [0.05, 0.1) is 169 Å². The lowest BCUT2D eigenvalue weighted by atomic mass is 10.4. The zero-order valence-corrected chi connectivity index (χ0v) is 78.1. The molecule has 0 amide bonds. The summed E-state index contributed by atoms with van der Waals surface area (Å²) >= 11 is 0. The van der Waals surface area contributed by atoms with Gasteiger partial charge >= 0.3 is 36.1 Å². The monoisotopic (exact) mass is 1910 g/mol. The van der Waals surface area contributed by atoms with Crippen molar-refractivity contribution in [2.45, 2.75) is 0 Å². The van der Waals surface area contributed by atoms with Crippen LogP contribution < -0.4 is 58.4 Å². The first kappa shape index (κ1) is 112. The van der Waals surface area contributed by atoms with Gasteiger partial charge in [0.1, 0.15) is 33.1 Å². The second-order valence-corrected chi connectivity index (χ2v) is 28.1. The van der Waals surface area contributed by atoms with Crippen LogP contribution in [0.2, 0.25) is 0 Å². The first-order valence-corrected chi connectivity index (χ1v) is 41.7. The average Bonchev–Trinajstić information content (AvgIpc) is 1.71. The smallest absolute Gasteiger partial charge is 0.472 e. The maximum absolute atomic E-state index is 9.99. The Kier molecular flexibility index (Phi) is 51.4. The maximum Gasteiger partial charge on any atom is 0.472 e. The minimum absolute atomic E-state index is 0.591. The van der Waals surface area contributed by atoms with E-state index in [4.69, 9.17) is 85.8 Å². The summed E-state index contributed by atoms with van der Waals surface area (Å²) in [4.78, 5) is 128. The molecular formula is C60H96F6N36O18P6. The maximum atomic E-state index is 9.99. The van der Waals surface area contributed by atoms with Crippen molar-refractivity contribution in [3.8, 4) is 0 Å². The van der Waals surface area contributed by atoms with Gasteiger partial charge in [-0.3, -0.25) is 29.0 Å². The molecule has 0 fully saturated rings. The standard InChI is InChI=1S/6C10H15N6O.6FH2O2P/c6*1-14(2)10(15(3)4)17-16-9-8(12-13-16)6-5-7-11-9;6*1-4(2)3/h6*5-7H,1-4H3;6*4H,(H,2,3)/q6*+1;;;;;;/p-6. The molecule has 6 unspecified atom stereocenters. The molecule has 6 atom stereocenters. The van der Waals surface area contributed by atoms with Crippen LogP contribution >= 0.6 is 50.0 Å². The van der Waals surface area contributed by atoms with Gasteiger partial charge in [-0.15, -0.1) is 30.6 Å². The van der Waals surface area contributed by atoms with E-state index >= 15 is 0 Å². The van der Waals surface area contributed by atoms with Crippen LogP contribution in [0.25, 0.3) is 67.0 Å². The predicted octanol–water partition coefficient (Wildman–Crippen LogP) is -5.10. The number of rotatable bonds is 6. The number of hydrogen-bond acceptors (Lipinski definition) is 36. The quantitative estimate of drug-likeness (QED) is 0.0494. The first-order valence-electron chi connectivity index (χ1n) is 34.5. The van der Waals surface area contributed by atoms with Gasteiger partial charge in [0.2, 0.25) is 33.9 Å². The van der Waals surface area contributed by atoms with Crippen LogP contribution in [-0.2, 0) is 27.4 Å². The van der Waals surface area contributed by atoms with Gasteiger partial charge in [0.15, 0.2) is 50.0 Å². The lowest BCUT2D eigenvalue weighted by Crippen LogP contribution is -2.39. The molecular weight excluding hydrogens is 1810 g/mol. The molecule has 0 spiro atoms. The van der Waals surface area contributed by atoms with Crippen LogP contribution in [-0.4, -0.2) is 383 Å². The molecule has 0 saturated carbocycles. The topological polar surface area (TPSA) is 595 Å². The Morgan fingerprint density at radius 2 is 0.357 bits per heavy atom. The molecule has 12 aromatic rings. The van der Waals surface area contributed by atoms with Crippen LogP contribution in [0.3, 0.4) is 0 Å². The van der Waals surface area contributed by atoms with Crippen LogP contribution in [0.4, 0.5) is 25.2 Å². The third-order valence-electron chi connectivity index (χ3n) is 12.7. The molecule has 0 N–H and O–H groups in total. The SMILES string of the molecule is CN(C)C(On1nnc2cccnc21)=[N+](C)C.CN(C)C(On1nnc2cccnc21)=[N+](C)C.CN(C)C(On1nnc2cccnc21)=[N+](C)C.CN(C)C(On1nnc2cccnc21)=[N+](C)C.CN(C)C(On1nnc2cccnc21)=[N+](C)C.CN(C)C(On1nnc2cccnc21)=[N+](C)C.O=[PH]([O-])F.O=[PH]([O-])F.O=[PH]([O-])F.O=[PH]([O-])F.O=[PH]([O-])F.O=[PH]([O-])F. The highest BCUT2D eigenvalue weighted by atomic mass is 31.2. The van der Waals surface area contributed by atoms with Crippen LogP contribution in [0.15, 0.2) is 110 Å². The van der Waals surface area contributed by atoms with E-state index in [1.807, 2.05) is 299 Å². The summed E-state index contributed by atoms with van der Waals surface area (Å²) in [6.07, 6.45) is 10.1. The van der Waals surface area contributed by atoms with Crippen molar-refractivity contribution in [1.29, 1.82) is 0 Å². The lowest BCUT2D eigenvalue weighted by Gasteiger charge is -2.09. The Hall–Kier alpha value is -12.4. The van der Waals surface area contributed by atoms with E-state index in [-0.39, 0.29) is 0 Å². The van der Waals surface area contributed by atoms with Crippen molar-refractivity contribution in [1.82, 2.24) is 150 Å². The van der Waals surface area contributed by atoms with Gasteiger partial charge in [0.25, 0.3) is 0 Å². The fraction of sp³-hybridized carbons (Fsp3) is 0.400. The van der Waals surface area contributed by atoms with Crippen molar-refractivity contribution in [3.63, 3.8) is 0 Å². The summed E-state index contributed by atoms with van der Waals surface area (Å²) in [7, 11) is 22.1. The van der Waals surface area contributed by atoms with E-state index in [9.17, 15) is 25.2 Å². The molecule has 696 valence electrons. The normalized spacial score (nSPS) is 11.3. The molecule has 54 nitrogen and oxygen atoms in total. The number of halogens is 6. The summed E-state index contributed by atoms with van der Waals surface area (Å²) in [5.74, 6) is 0. The van der Waals surface area contributed by atoms with Gasteiger partial charge in [-0.1, -0.05) is 0 Å². The van der Waals surface area contributed by atoms with Gasteiger partial charge in [-0.25, -0.2) is 112 Å². The second-order valence-electron chi connectivity index (χ2n) is 25.3. The van der Waals surface area contributed by atoms with Crippen molar-refractivity contribution in [3.05, 3.63) is 110 Å². The van der Waals surface area contributed by atoms with Crippen molar-refractivity contribution < 1.29 is 138 Å². The fourth-order valence-corrected chi connectivity index (χ4v) is 8.68. The Labute approximate surface area is 718 Å². The molecule has 12 aromatic heterocycles. The lowest BCUT2D eigenvalue weighted by molar-refractivity contribution is -0.480. The number of aromatic nitrogens is 24. The Morgan fingerprint density at radius 3 is 0.444 bits per heavy atom. The average molecular weight is 1910 g/mol. The molecule has 0 aliphatic heterocycles. The zero-order chi connectivity index (χ0) is 95.9. The highest BCUT2D eigenvalue weighted by molar-refractivity contribution is 7.30. The molecule has 126 heavy (non-hydrogen) atoms. The number of amidine groups is 6. The summed E-state index contributed by atoms with van der Waals surface area (Å²) < 4.78 is 121. The van der Waals surface area contributed by atoms with Gasteiger partial charge in [-0.05, 0) is 133 Å². The van der Waals surface area contributed by atoms with Gasteiger partial charge in [-0.2, -0.15) is 0 Å². The molecule has 0 aliphatic carbocycles. The summed E-state index contributed by atoms with van der Waals surface area (Å²) in [6.45, 7) is 0. The molecule has 0 radical (unpaired) electrons. The van der Waals surface area contributed by atoms with E-state index in [1.165, 1.54) is 29.1 Å². The summed E-state index contributed by atoms with van der Waals surface area (Å²) in [5.41, 5.74) is 7.74. The number of hydrogen-bond donors (Lipinski definition) is 0. The molecule has 0 bridgehead atoms. The van der Waals surface area contributed by atoms with Crippen molar-refractivity contribution >= 4 is 153 Å². The van der Waals surface area contributed by atoms with Crippen LogP contribution in [0.1, 0.15) is 0 Å². The predicted molar refractivity (Wildman–Crippen MR) is 437 cm³/mol. The number of pyridine rings is 6. The fourth-order valence-electron chi connectivity index (χ4n) is 8.68.